The molecule has 0 saturated heterocycles. The standard InChI is InChI=1S/C13H10N4O5/c14-15-13(8-1-3-9(4-2-8)16(19)20)11-7-10(17(21)22)5-6-12(11)18/h1-7,18H,14H2/b15-13-. The van der Waals surface area contributed by atoms with E-state index in [-0.39, 0.29) is 28.4 Å². The molecule has 9 heteroatoms. The van der Waals surface area contributed by atoms with Crippen molar-refractivity contribution in [2.75, 3.05) is 0 Å². The summed E-state index contributed by atoms with van der Waals surface area (Å²) in [6.07, 6.45) is 0. The van der Waals surface area contributed by atoms with Crippen LogP contribution < -0.4 is 5.84 Å². The summed E-state index contributed by atoms with van der Waals surface area (Å²) in [6.45, 7) is 0. The first-order chi connectivity index (χ1) is 10.4. The number of phenolic OH excluding ortho intramolecular Hbond substituents is 1. The third-order valence-electron chi connectivity index (χ3n) is 2.93. The highest BCUT2D eigenvalue weighted by atomic mass is 16.6. The van der Waals surface area contributed by atoms with Crippen molar-refractivity contribution in [3.8, 4) is 5.75 Å². The molecule has 22 heavy (non-hydrogen) atoms. The van der Waals surface area contributed by atoms with Crippen LogP contribution in [0.15, 0.2) is 47.6 Å². The van der Waals surface area contributed by atoms with E-state index in [2.05, 4.69) is 5.10 Å². The summed E-state index contributed by atoms with van der Waals surface area (Å²) in [6, 6.07) is 8.70. The van der Waals surface area contributed by atoms with E-state index in [0.29, 0.717) is 5.56 Å². The Labute approximate surface area is 123 Å². The van der Waals surface area contributed by atoms with Crippen LogP contribution in [0.1, 0.15) is 11.1 Å². The van der Waals surface area contributed by atoms with Crippen LogP contribution in [0.4, 0.5) is 11.4 Å². The minimum absolute atomic E-state index is 0.0607. The molecule has 0 aliphatic rings. The maximum Gasteiger partial charge on any atom is 0.270 e. The van der Waals surface area contributed by atoms with Gasteiger partial charge in [-0.3, -0.25) is 20.2 Å². The topological polar surface area (TPSA) is 145 Å². The van der Waals surface area contributed by atoms with E-state index >= 15 is 0 Å². The Morgan fingerprint density at radius 2 is 1.55 bits per heavy atom. The Morgan fingerprint density at radius 3 is 2.05 bits per heavy atom. The molecular formula is C13H10N4O5. The average molecular weight is 302 g/mol. The fraction of sp³-hybridized carbons (Fsp3) is 0. The van der Waals surface area contributed by atoms with Gasteiger partial charge in [-0.25, -0.2) is 0 Å². The quantitative estimate of drug-likeness (QED) is 0.382. The second-order valence-electron chi connectivity index (χ2n) is 4.24. The minimum Gasteiger partial charge on any atom is -0.507 e. The molecule has 0 aliphatic heterocycles. The summed E-state index contributed by atoms with van der Waals surface area (Å²) in [7, 11) is 0. The molecule has 3 N–H and O–H groups in total. The fourth-order valence-electron chi connectivity index (χ4n) is 1.87. The van der Waals surface area contributed by atoms with Gasteiger partial charge in [-0.15, -0.1) is 0 Å². The normalized spacial score (nSPS) is 11.2. The highest BCUT2D eigenvalue weighted by molar-refractivity contribution is 6.14. The van der Waals surface area contributed by atoms with Crippen molar-refractivity contribution in [1.82, 2.24) is 0 Å². The lowest BCUT2D eigenvalue weighted by Crippen LogP contribution is -2.07. The van der Waals surface area contributed by atoms with Gasteiger partial charge in [-0.1, -0.05) is 0 Å². The van der Waals surface area contributed by atoms with Crippen molar-refractivity contribution in [1.29, 1.82) is 0 Å². The molecule has 0 aromatic heterocycles. The van der Waals surface area contributed by atoms with Crippen molar-refractivity contribution in [2.24, 2.45) is 10.9 Å². The third-order valence-corrected chi connectivity index (χ3v) is 2.93. The maximum absolute atomic E-state index is 10.8. The lowest BCUT2D eigenvalue weighted by molar-refractivity contribution is -0.385. The lowest BCUT2D eigenvalue weighted by Gasteiger charge is -2.07. The highest BCUT2D eigenvalue weighted by Crippen LogP contribution is 2.26. The molecule has 2 aromatic rings. The molecule has 2 rings (SSSR count). The Bertz CT molecular complexity index is 770. The van der Waals surface area contributed by atoms with Crippen molar-refractivity contribution in [3.63, 3.8) is 0 Å². The van der Waals surface area contributed by atoms with Crippen molar-refractivity contribution < 1.29 is 15.0 Å². The Kier molecular flexibility index (Phi) is 3.98. The van der Waals surface area contributed by atoms with Gasteiger partial charge >= 0.3 is 0 Å². The molecule has 2 aromatic carbocycles. The third kappa shape index (κ3) is 2.82. The number of aromatic hydroxyl groups is 1. The largest absolute Gasteiger partial charge is 0.507 e. The van der Waals surface area contributed by atoms with Gasteiger partial charge in [0, 0.05) is 29.8 Å². The number of benzene rings is 2. The average Bonchev–Trinajstić information content (AvgIpc) is 2.50. The molecular weight excluding hydrogens is 292 g/mol. The molecule has 112 valence electrons. The van der Waals surface area contributed by atoms with Crippen LogP contribution in [0.25, 0.3) is 0 Å². The predicted molar refractivity (Wildman–Crippen MR) is 77.7 cm³/mol. The molecule has 0 bridgehead atoms. The summed E-state index contributed by atoms with van der Waals surface area (Å²) in [4.78, 5) is 20.3. The smallest absolute Gasteiger partial charge is 0.270 e. The number of hydrogen-bond donors (Lipinski definition) is 2. The second kappa shape index (κ2) is 5.87. The zero-order chi connectivity index (χ0) is 16.3. The summed E-state index contributed by atoms with van der Waals surface area (Å²) in [5, 5.41) is 34.8. The number of non-ortho nitro benzene ring substituents is 2. The number of nitro groups is 2. The van der Waals surface area contributed by atoms with E-state index in [1.165, 1.54) is 24.3 Å². The Balaban J connectivity index is 2.51. The van der Waals surface area contributed by atoms with Gasteiger partial charge < -0.3 is 10.9 Å². The molecule has 0 heterocycles. The summed E-state index contributed by atoms with van der Waals surface area (Å²) in [5.74, 6) is 5.06. The van der Waals surface area contributed by atoms with E-state index in [0.717, 1.165) is 18.2 Å². The summed E-state index contributed by atoms with van der Waals surface area (Å²) < 4.78 is 0. The highest BCUT2D eigenvalue weighted by Gasteiger charge is 2.17. The molecule has 0 spiro atoms. The molecule has 0 fully saturated rings. The lowest BCUT2D eigenvalue weighted by atomic mass is 10.0. The van der Waals surface area contributed by atoms with Crippen LogP contribution in [-0.2, 0) is 0 Å². The molecule has 0 radical (unpaired) electrons. The van der Waals surface area contributed by atoms with Crippen LogP contribution in [-0.4, -0.2) is 20.7 Å². The second-order valence-corrected chi connectivity index (χ2v) is 4.24. The van der Waals surface area contributed by atoms with Gasteiger partial charge in [0.25, 0.3) is 11.4 Å². The van der Waals surface area contributed by atoms with E-state index in [1.54, 1.807) is 0 Å². The number of nitro benzene ring substituents is 2. The van der Waals surface area contributed by atoms with Crippen molar-refractivity contribution in [3.05, 3.63) is 73.8 Å². The zero-order valence-corrected chi connectivity index (χ0v) is 11.0. The number of rotatable bonds is 4. The molecule has 0 amide bonds. The first-order valence-electron chi connectivity index (χ1n) is 5.94. The number of phenols is 1. The van der Waals surface area contributed by atoms with Crippen LogP contribution in [0.5, 0.6) is 5.75 Å². The maximum atomic E-state index is 10.8. The van der Waals surface area contributed by atoms with E-state index in [1.807, 2.05) is 0 Å². The van der Waals surface area contributed by atoms with Gasteiger partial charge in [-0.2, -0.15) is 5.10 Å². The number of hydrogen-bond acceptors (Lipinski definition) is 7. The van der Waals surface area contributed by atoms with E-state index in [4.69, 9.17) is 5.84 Å². The van der Waals surface area contributed by atoms with Crippen LogP contribution >= 0.6 is 0 Å². The van der Waals surface area contributed by atoms with Crippen LogP contribution in [0.3, 0.4) is 0 Å². The molecule has 0 saturated carbocycles. The molecule has 0 aliphatic carbocycles. The zero-order valence-electron chi connectivity index (χ0n) is 11.0. The molecule has 0 unspecified atom stereocenters. The Morgan fingerprint density at radius 1 is 1.00 bits per heavy atom. The minimum atomic E-state index is -0.618. The van der Waals surface area contributed by atoms with E-state index < -0.39 is 9.85 Å². The number of hydrazone groups is 1. The predicted octanol–water partition coefficient (Wildman–Crippen LogP) is 1.92. The van der Waals surface area contributed by atoms with Crippen molar-refractivity contribution in [2.45, 2.75) is 0 Å². The van der Waals surface area contributed by atoms with Crippen LogP contribution in [0.2, 0.25) is 0 Å². The summed E-state index contributed by atoms with van der Waals surface area (Å²) in [5.41, 5.74) is 0.157. The number of nitrogens with two attached hydrogens (primary N) is 1. The van der Waals surface area contributed by atoms with E-state index in [9.17, 15) is 25.3 Å². The monoisotopic (exact) mass is 302 g/mol. The van der Waals surface area contributed by atoms with Gasteiger partial charge in [0.2, 0.25) is 0 Å². The van der Waals surface area contributed by atoms with Crippen LogP contribution in [0, 0.1) is 20.2 Å². The van der Waals surface area contributed by atoms with Gasteiger partial charge in [0.15, 0.2) is 0 Å². The van der Waals surface area contributed by atoms with Gasteiger partial charge in [0.05, 0.1) is 15.4 Å². The summed E-state index contributed by atoms with van der Waals surface area (Å²) >= 11 is 0. The molecule has 0 atom stereocenters. The first kappa shape index (κ1) is 14.9. The van der Waals surface area contributed by atoms with Gasteiger partial charge in [-0.05, 0) is 18.2 Å². The van der Waals surface area contributed by atoms with Gasteiger partial charge in [0.1, 0.15) is 11.5 Å². The number of nitrogens with zero attached hydrogens (tertiary/aromatic N) is 3. The van der Waals surface area contributed by atoms with Crippen molar-refractivity contribution >= 4 is 17.1 Å². The fourth-order valence-corrected chi connectivity index (χ4v) is 1.87. The SMILES string of the molecule is N/N=C(/c1ccc([N+](=O)[O-])cc1)c1cc([N+](=O)[O-])ccc1O. The molecule has 9 nitrogen and oxygen atoms in total. The first-order valence-corrected chi connectivity index (χ1v) is 5.94. The Hall–Kier alpha value is -3.49.